The fourth-order valence-corrected chi connectivity index (χ4v) is 3.49. The molecule has 1 saturated carbocycles. The van der Waals surface area contributed by atoms with Crippen molar-refractivity contribution in [2.45, 2.75) is 50.4 Å². The van der Waals surface area contributed by atoms with Gasteiger partial charge in [-0.3, -0.25) is 0 Å². The molecule has 1 N–H and O–H groups in total. The highest BCUT2D eigenvalue weighted by Crippen LogP contribution is 2.37. The maximum Gasteiger partial charge on any atom is 0.0957 e. The molecule has 0 bridgehead atoms. The van der Waals surface area contributed by atoms with E-state index in [1.807, 2.05) is 0 Å². The summed E-state index contributed by atoms with van der Waals surface area (Å²) >= 11 is 0. The van der Waals surface area contributed by atoms with Crippen LogP contribution in [0.4, 0.5) is 0 Å². The van der Waals surface area contributed by atoms with Crippen LogP contribution in [0.2, 0.25) is 0 Å². The predicted molar refractivity (Wildman–Crippen MR) is 79.7 cm³/mol. The van der Waals surface area contributed by atoms with Gasteiger partial charge in [-0.15, -0.1) is 0 Å². The molecule has 3 nitrogen and oxygen atoms in total. The van der Waals surface area contributed by atoms with Crippen molar-refractivity contribution < 1.29 is 9.47 Å². The van der Waals surface area contributed by atoms with E-state index in [1.165, 1.54) is 43.2 Å². The maximum absolute atomic E-state index is 6.51. The Morgan fingerprint density at radius 3 is 2.65 bits per heavy atom. The van der Waals surface area contributed by atoms with E-state index in [0.717, 1.165) is 13.1 Å². The zero-order valence-corrected chi connectivity index (χ0v) is 12.4. The van der Waals surface area contributed by atoms with Crippen molar-refractivity contribution in [2.75, 3.05) is 20.2 Å². The Labute approximate surface area is 121 Å². The van der Waals surface area contributed by atoms with Gasteiger partial charge >= 0.3 is 0 Å². The van der Waals surface area contributed by atoms with Crippen LogP contribution in [0.5, 0.6) is 0 Å². The summed E-state index contributed by atoms with van der Waals surface area (Å²) in [6.07, 6.45) is 6.58. The molecule has 110 valence electrons. The lowest BCUT2D eigenvalue weighted by molar-refractivity contribution is -0.135. The van der Waals surface area contributed by atoms with Crippen LogP contribution in [0.3, 0.4) is 0 Å². The van der Waals surface area contributed by atoms with E-state index in [2.05, 4.69) is 29.6 Å². The summed E-state index contributed by atoms with van der Waals surface area (Å²) in [7, 11) is 1.73. The van der Waals surface area contributed by atoms with Crippen LogP contribution in [0.25, 0.3) is 0 Å². The normalized spacial score (nSPS) is 25.8. The van der Waals surface area contributed by atoms with Crippen LogP contribution >= 0.6 is 0 Å². The van der Waals surface area contributed by atoms with Crippen molar-refractivity contribution in [3.8, 4) is 0 Å². The number of ether oxygens (including phenoxy) is 2. The number of nitrogens with one attached hydrogen (secondary N) is 1. The fraction of sp³-hybridized carbons (Fsp3) is 0.647. The molecule has 1 heterocycles. The molecule has 2 aliphatic rings. The highest BCUT2D eigenvalue weighted by molar-refractivity contribution is 5.24. The van der Waals surface area contributed by atoms with E-state index in [4.69, 9.17) is 9.47 Å². The van der Waals surface area contributed by atoms with E-state index in [-0.39, 0.29) is 11.7 Å². The number of rotatable bonds is 3. The minimum atomic E-state index is 0.0897. The lowest BCUT2D eigenvalue weighted by atomic mass is 9.83. The zero-order valence-electron chi connectivity index (χ0n) is 12.4. The number of methoxy groups -OCH3 is 1. The number of morpholine rings is 1. The first-order valence-corrected chi connectivity index (χ1v) is 7.78. The van der Waals surface area contributed by atoms with Crippen molar-refractivity contribution in [1.29, 1.82) is 0 Å². The second kappa shape index (κ2) is 6.25. The van der Waals surface area contributed by atoms with Gasteiger partial charge in [0.05, 0.1) is 18.3 Å². The Morgan fingerprint density at radius 1 is 1.20 bits per heavy atom. The van der Waals surface area contributed by atoms with Gasteiger partial charge in [-0.25, -0.2) is 0 Å². The highest BCUT2D eigenvalue weighted by Gasteiger charge is 2.38. The van der Waals surface area contributed by atoms with Crippen LogP contribution in [0, 0.1) is 0 Å². The number of benzene rings is 1. The lowest BCUT2D eigenvalue weighted by Crippen LogP contribution is -2.51. The largest absolute Gasteiger partial charge is 0.380 e. The quantitative estimate of drug-likeness (QED) is 0.919. The smallest absolute Gasteiger partial charge is 0.0957 e. The lowest BCUT2D eigenvalue weighted by Gasteiger charge is -2.44. The topological polar surface area (TPSA) is 30.5 Å². The first-order valence-electron chi connectivity index (χ1n) is 7.78. The minimum absolute atomic E-state index is 0.0897. The SMILES string of the molecule is COCc1ccc(C2CNCC3(CCCCC3)O2)cc1. The Hall–Kier alpha value is -0.900. The summed E-state index contributed by atoms with van der Waals surface area (Å²) in [5.41, 5.74) is 2.58. The third kappa shape index (κ3) is 3.05. The molecular formula is C17H25NO2. The monoisotopic (exact) mass is 275 g/mol. The standard InChI is InChI=1S/C17H25NO2/c1-19-12-14-5-7-15(8-6-14)16-11-18-13-17(20-16)9-3-2-4-10-17/h5-8,16,18H,2-4,9-13H2,1H3. The Bertz CT molecular complexity index is 418. The molecule has 1 saturated heterocycles. The van der Waals surface area contributed by atoms with E-state index in [0.29, 0.717) is 6.61 Å². The van der Waals surface area contributed by atoms with Crippen molar-refractivity contribution in [1.82, 2.24) is 5.32 Å². The molecule has 20 heavy (non-hydrogen) atoms. The summed E-state index contributed by atoms with van der Waals surface area (Å²) in [5.74, 6) is 0. The van der Waals surface area contributed by atoms with Crippen LogP contribution in [0.1, 0.15) is 49.3 Å². The van der Waals surface area contributed by atoms with Crippen LogP contribution in [-0.2, 0) is 16.1 Å². The minimum Gasteiger partial charge on any atom is -0.380 e. The Kier molecular flexibility index (Phi) is 4.39. The van der Waals surface area contributed by atoms with Crippen molar-refractivity contribution in [3.05, 3.63) is 35.4 Å². The molecule has 0 amide bonds. The van der Waals surface area contributed by atoms with E-state index >= 15 is 0 Å². The predicted octanol–water partition coefficient (Wildman–Crippen LogP) is 3.20. The molecule has 3 rings (SSSR count). The number of hydrogen-bond acceptors (Lipinski definition) is 3. The van der Waals surface area contributed by atoms with Crippen molar-refractivity contribution in [3.63, 3.8) is 0 Å². The summed E-state index contributed by atoms with van der Waals surface area (Å²) in [5, 5.41) is 3.58. The average Bonchev–Trinajstić information content (AvgIpc) is 2.49. The van der Waals surface area contributed by atoms with Gasteiger partial charge < -0.3 is 14.8 Å². The molecular weight excluding hydrogens is 250 g/mol. The third-order valence-corrected chi connectivity index (χ3v) is 4.60. The molecule has 1 aromatic rings. The Balaban J connectivity index is 1.69. The Morgan fingerprint density at radius 2 is 1.95 bits per heavy atom. The summed E-state index contributed by atoms with van der Waals surface area (Å²) < 4.78 is 11.7. The first-order chi connectivity index (χ1) is 9.81. The molecule has 2 fully saturated rings. The molecule has 1 aliphatic carbocycles. The van der Waals surface area contributed by atoms with Crippen LogP contribution in [0.15, 0.2) is 24.3 Å². The fourth-order valence-electron chi connectivity index (χ4n) is 3.49. The molecule has 1 aromatic carbocycles. The van der Waals surface area contributed by atoms with Gasteiger partial charge in [0.1, 0.15) is 0 Å². The number of hydrogen-bond donors (Lipinski definition) is 1. The average molecular weight is 275 g/mol. The molecule has 1 atom stereocenters. The van der Waals surface area contributed by atoms with E-state index < -0.39 is 0 Å². The van der Waals surface area contributed by atoms with Crippen LogP contribution < -0.4 is 5.32 Å². The van der Waals surface area contributed by atoms with E-state index in [9.17, 15) is 0 Å². The van der Waals surface area contributed by atoms with Crippen molar-refractivity contribution >= 4 is 0 Å². The summed E-state index contributed by atoms with van der Waals surface area (Å²) in [6, 6.07) is 8.65. The van der Waals surface area contributed by atoms with Gasteiger partial charge in [0.15, 0.2) is 0 Å². The van der Waals surface area contributed by atoms with Gasteiger partial charge in [-0.05, 0) is 24.0 Å². The van der Waals surface area contributed by atoms with Gasteiger partial charge in [-0.1, -0.05) is 43.5 Å². The molecule has 1 aliphatic heterocycles. The summed E-state index contributed by atoms with van der Waals surface area (Å²) in [6.45, 7) is 2.62. The molecule has 0 aromatic heterocycles. The second-order valence-corrected chi connectivity index (χ2v) is 6.16. The molecule has 1 unspecified atom stereocenters. The van der Waals surface area contributed by atoms with Gasteiger partial charge in [0, 0.05) is 20.2 Å². The zero-order chi connectivity index (χ0) is 13.8. The summed E-state index contributed by atoms with van der Waals surface area (Å²) in [4.78, 5) is 0. The van der Waals surface area contributed by atoms with Crippen molar-refractivity contribution in [2.24, 2.45) is 0 Å². The highest BCUT2D eigenvalue weighted by atomic mass is 16.5. The maximum atomic E-state index is 6.51. The van der Waals surface area contributed by atoms with Gasteiger partial charge in [0.25, 0.3) is 0 Å². The first kappa shape index (κ1) is 14.1. The van der Waals surface area contributed by atoms with Gasteiger partial charge in [-0.2, -0.15) is 0 Å². The van der Waals surface area contributed by atoms with E-state index in [1.54, 1.807) is 7.11 Å². The molecule has 0 radical (unpaired) electrons. The molecule has 3 heteroatoms. The van der Waals surface area contributed by atoms with Crippen LogP contribution in [-0.4, -0.2) is 25.8 Å². The van der Waals surface area contributed by atoms with Gasteiger partial charge in [0.2, 0.25) is 0 Å². The molecule has 1 spiro atoms. The second-order valence-electron chi connectivity index (χ2n) is 6.16. The third-order valence-electron chi connectivity index (χ3n) is 4.60.